The number of nitrogens with zero attached hydrogens (tertiary/aromatic N) is 3. The lowest BCUT2D eigenvalue weighted by Gasteiger charge is -2.12. The van der Waals surface area contributed by atoms with E-state index in [4.69, 9.17) is 5.11 Å². The monoisotopic (exact) mass is 487 g/mol. The molecule has 0 saturated heterocycles. The van der Waals surface area contributed by atoms with E-state index in [0.717, 1.165) is 15.7 Å². The van der Waals surface area contributed by atoms with Gasteiger partial charge in [-0.2, -0.15) is 5.10 Å². The van der Waals surface area contributed by atoms with Gasteiger partial charge in [0.1, 0.15) is 3.70 Å². The summed E-state index contributed by atoms with van der Waals surface area (Å²) < 4.78 is 3.01. The second-order valence-electron chi connectivity index (χ2n) is 4.95. The Bertz CT molecular complexity index is 926. The second kappa shape index (κ2) is 6.17. The number of benzene rings is 1. The lowest BCUT2D eigenvalue weighted by atomic mass is 10.1. The first-order valence-electron chi connectivity index (χ1n) is 6.61. The van der Waals surface area contributed by atoms with Crippen molar-refractivity contribution in [2.45, 2.75) is 13.0 Å². The van der Waals surface area contributed by atoms with Crippen molar-refractivity contribution in [1.29, 1.82) is 0 Å². The maximum atomic E-state index is 11.1. The number of halogens is 2. The molecule has 0 spiro atoms. The predicted octanol–water partition coefficient (Wildman–Crippen LogP) is 3.19. The van der Waals surface area contributed by atoms with Crippen LogP contribution in [0.25, 0.3) is 16.9 Å². The van der Waals surface area contributed by atoms with E-state index in [1.54, 1.807) is 11.4 Å². The summed E-state index contributed by atoms with van der Waals surface area (Å²) in [5, 5.41) is 23.4. The van der Waals surface area contributed by atoms with Crippen LogP contribution in [0, 0.1) is 10.6 Å². The van der Waals surface area contributed by atoms with Crippen molar-refractivity contribution >= 4 is 50.1 Å². The van der Waals surface area contributed by atoms with Crippen molar-refractivity contribution in [2.75, 3.05) is 0 Å². The summed E-state index contributed by atoms with van der Waals surface area (Å²) in [6.45, 7) is 1.68. The summed E-state index contributed by atoms with van der Waals surface area (Å²) in [6.07, 6.45) is -1.63. The van der Waals surface area contributed by atoms with Gasteiger partial charge < -0.3 is 10.2 Å². The van der Waals surface area contributed by atoms with E-state index in [0.29, 0.717) is 15.0 Å². The molecule has 0 fully saturated rings. The molecule has 2 aromatic heterocycles. The molecule has 1 atom stereocenters. The Morgan fingerprint density at radius 3 is 2.78 bits per heavy atom. The number of aliphatic carboxylic acids is 1. The van der Waals surface area contributed by atoms with Gasteiger partial charge in [-0.3, -0.25) is 0 Å². The number of hydrogen-bond donors (Lipinski definition) is 2. The number of aryl methyl sites for hydroxylation is 1. The van der Waals surface area contributed by atoms with E-state index >= 15 is 0 Å². The molecule has 3 rings (SSSR count). The number of carbonyl (C=O) groups is 1. The van der Waals surface area contributed by atoms with Crippen LogP contribution >= 0.6 is 38.5 Å². The molecule has 0 aliphatic heterocycles. The van der Waals surface area contributed by atoms with Crippen LogP contribution in [0.1, 0.15) is 17.4 Å². The van der Waals surface area contributed by atoms with E-state index in [9.17, 15) is 9.90 Å². The average Bonchev–Trinajstić information content (AvgIpc) is 2.91. The van der Waals surface area contributed by atoms with Gasteiger partial charge in [0.25, 0.3) is 0 Å². The summed E-state index contributed by atoms with van der Waals surface area (Å²) in [4.78, 5) is 15.5. The quantitative estimate of drug-likeness (QED) is 0.437. The number of aliphatic hydroxyl groups is 1. The summed E-state index contributed by atoms with van der Waals surface area (Å²) >= 11 is 5.41. The number of rotatable bonds is 3. The van der Waals surface area contributed by atoms with Crippen LogP contribution in [0.5, 0.6) is 0 Å². The molecule has 3 aromatic rings. The van der Waals surface area contributed by atoms with Crippen LogP contribution < -0.4 is 0 Å². The third kappa shape index (κ3) is 2.98. The zero-order chi connectivity index (χ0) is 16.7. The fraction of sp³-hybridized carbons (Fsp3) is 0.133. The van der Waals surface area contributed by atoms with Crippen molar-refractivity contribution in [3.8, 4) is 11.3 Å². The molecule has 23 heavy (non-hydrogen) atoms. The lowest BCUT2D eigenvalue weighted by Crippen LogP contribution is -2.17. The van der Waals surface area contributed by atoms with Gasteiger partial charge in [0.05, 0.1) is 5.69 Å². The first-order chi connectivity index (χ1) is 10.9. The highest BCUT2D eigenvalue weighted by Crippen LogP contribution is 2.27. The van der Waals surface area contributed by atoms with Crippen LogP contribution in [0.15, 0.2) is 34.8 Å². The van der Waals surface area contributed by atoms with Crippen molar-refractivity contribution in [2.24, 2.45) is 0 Å². The Morgan fingerprint density at radius 1 is 1.39 bits per heavy atom. The van der Waals surface area contributed by atoms with E-state index < -0.39 is 12.1 Å². The minimum Gasteiger partial charge on any atom is -0.479 e. The first-order valence-corrected chi connectivity index (χ1v) is 8.48. The standard InChI is InChI=1S/C15H11BrIN3O3/c1-7-12(13(21)15(22)23)14(17)20-11(18-7)6-10(19-20)8-3-2-4-9(16)5-8/h2-6,13,21H,1H3,(H,22,23)/t13-/m0/s1. The van der Waals surface area contributed by atoms with Crippen LogP contribution in [0.4, 0.5) is 0 Å². The summed E-state index contributed by atoms with van der Waals surface area (Å²) in [6, 6.07) is 9.53. The fourth-order valence-corrected chi connectivity index (χ4v) is 3.75. The van der Waals surface area contributed by atoms with E-state index in [-0.39, 0.29) is 5.56 Å². The SMILES string of the molecule is Cc1nc2cc(-c3cccc(Br)c3)nn2c(I)c1[C@H](O)C(=O)O. The molecular weight excluding hydrogens is 477 g/mol. The maximum Gasteiger partial charge on any atom is 0.337 e. The normalized spacial score (nSPS) is 12.5. The molecule has 2 N–H and O–H groups in total. The minimum absolute atomic E-state index is 0.259. The molecule has 0 aliphatic carbocycles. The second-order valence-corrected chi connectivity index (χ2v) is 6.89. The Kier molecular flexibility index (Phi) is 4.39. The molecule has 0 saturated carbocycles. The van der Waals surface area contributed by atoms with Crippen molar-refractivity contribution < 1.29 is 15.0 Å². The predicted molar refractivity (Wildman–Crippen MR) is 96.2 cm³/mol. The molecule has 1 aromatic carbocycles. The topological polar surface area (TPSA) is 87.7 Å². The van der Waals surface area contributed by atoms with Gasteiger partial charge in [0.2, 0.25) is 0 Å². The number of fused-ring (bicyclic) bond motifs is 1. The molecule has 0 aliphatic rings. The molecule has 118 valence electrons. The maximum absolute atomic E-state index is 11.1. The number of aromatic nitrogens is 3. The fourth-order valence-electron chi connectivity index (χ4n) is 2.31. The smallest absolute Gasteiger partial charge is 0.337 e. The highest BCUT2D eigenvalue weighted by Gasteiger charge is 2.24. The van der Waals surface area contributed by atoms with Gasteiger partial charge >= 0.3 is 5.97 Å². The number of aliphatic hydroxyl groups excluding tert-OH is 1. The van der Waals surface area contributed by atoms with Crippen LogP contribution in [0.3, 0.4) is 0 Å². The molecule has 0 bridgehead atoms. The third-order valence-corrected chi connectivity index (χ3v) is 4.93. The highest BCUT2D eigenvalue weighted by atomic mass is 127. The van der Waals surface area contributed by atoms with E-state index in [1.165, 1.54) is 0 Å². The molecule has 6 nitrogen and oxygen atoms in total. The Labute approximate surface area is 153 Å². The number of hydrogen-bond acceptors (Lipinski definition) is 4. The van der Waals surface area contributed by atoms with Gasteiger partial charge in [-0.25, -0.2) is 14.3 Å². The molecule has 0 radical (unpaired) electrons. The van der Waals surface area contributed by atoms with E-state index in [2.05, 4.69) is 26.0 Å². The largest absolute Gasteiger partial charge is 0.479 e. The lowest BCUT2D eigenvalue weighted by molar-refractivity contribution is -0.147. The summed E-state index contributed by atoms with van der Waals surface area (Å²) in [7, 11) is 0. The third-order valence-electron chi connectivity index (χ3n) is 3.40. The highest BCUT2D eigenvalue weighted by molar-refractivity contribution is 14.1. The molecule has 8 heteroatoms. The summed E-state index contributed by atoms with van der Waals surface area (Å²) in [5.41, 5.74) is 2.96. The van der Waals surface area contributed by atoms with Gasteiger partial charge in [0, 0.05) is 27.4 Å². The Morgan fingerprint density at radius 2 is 2.13 bits per heavy atom. The van der Waals surface area contributed by atoms with E-state index in [1.807, 2.05) is 52.9 Å². The molecule has 0 unspecified atom stereocenters. The number of carboxylic acids is 1. The van der Waals surface area contributed by atoms with Crippen LogP contribution in [-0.2, 0) is 4.79 Å². The van der Waals surface area contributed by atoms with Gasteiger partial charge in [-0.05, 0) is 41.6 Å². The van der Waals surface area contributed by atoms with Crippen LogP contribution in [-0.4, -0.2) is 30.8 Å². The zero-order valence-electron chi connectivity index (χ0n) is 11.9. The van der Waals surface area contributed by atoms with Gasteiger partial charge in [-0.15, -0.1) is 0 Å². The average molecular weight is 488 g/mol. The van der Waals surface area contributed by atoms with Crippen molar-refractivity contribution in [3.63, 3.8) is 0 Å². The summed E-state index contributed by atoms with van der Waals surface area (Å²) in [5.74, 6) is -1.31. The van der Waals surface area contributed by atoms with Crippen LogP contribution in [0.2, 0.25) is 0 Å². The van der Waals surface area contributed by atoms with Crippen molar-refractivity contribution in [1.82, 2.24) is 14.6 Å². The molecule has 2 heterocycles. The Balaban J connectivity index is 2.21. The van der Waals surface area contributed by atoms with Gasteiger partial charge in [-0.1, -0.05) is 28.1 Å². The van der Waals surface area contributed by atoms with Gasteiger partial charge in [0.15, 0.2) is 11.8 Å². The molecular formula is C15H11BrIN3O3. The number of carboxylic acid groups (broad SMARTS) is 1. The Hall–Kier alpha value is -1.52. The van der Waals surface area contributed by atoms with Crippen molar-refractivity contribution in [3.05, 3.63) is 49.8 Å². The first kappa shape index (κ1) is 16.3. The molecule has 0 amide bonds. The zero-order valence-corrected chi connectivity index (χ0v) is 15.6. The minimum atomic E-state index is -1.63.